The molecule has 0 fully saturated rings. The lowest BCUT2D eigenvalue weighted by atomic mass is 9.74. The first-order valence-electron chi connectivity index (χ1n) is 6.75. The van der Waals surface area contributed by atoms with Gasteiger partial charge in [0, 0.05) is 13.7 Å². The van der Waals surface area contributed by atoms with Crippen molar-refractivity contribution in [3.63, 3.8) is 0 Å². The molecule has 0 radical (unpaired) electrons. The van der Waals surface area contributed by atoms with Gasteiger partial charge in [-0.15, -0.1) is 0 Å². The van der Waals surface area contributed by atoms with Crippen LogP contribution in [0.4, 0.5) is 0 Å². The summed E-state index contributed by atoms with van der Waals surface area (Å²) in [5.74, 6) is -0.171. The van der Waals surface area contributed by atoms with Crippen molar-refractivity contribution in [2.45, 2.75) is 38.5 Å². The lowest BCUT2D eigenvalue weighted by Crippen LogP contribution is -2.38. The third kappa shape index (κ3) is 3.57. The SMILES string of the molecule is CCCC(CCOC)(C(=O)OC)c1ccc(C)cc1. The third-order valence-electron chi connectivity index (χ3n) is 3.59. The summed E-state index contributed by atoms with van der Waals surface area (Å²) >= 11 is 0. The number of hydrogen-bond donors (Lipinski definition) is 0. The molecule has 0 N–H and O–H groups in total. The van der Waals surface area contributed by atoms with Gasteiger partial charge in [0.2, 0.25) is 0 Å². The fourth-order valence-electron chi connectivity index (χ4n) is 2.51. The summed E-state index contributed by atoms with van der Waals surface area (Å²) in [7, 11) is 3.11. The maximum Gasteiger partial charge on any atom is 0.316 e. The van der Waals surface area contributed by atoms with Crippen LogP contribution in [-0.4, -0.2) is 26.8 Å². The molecule has 0 aliphatic carbocycles. The van der Waals surface area contributed by atoms with Gasteiger partial charge < -0.3 is 9.47 Å². The van der Waals surface area contributed by atoms with Gasteiger partial charge in [0.25, 0.3) is 0 Å². The smallest absolute Gasteiger partial charge is 0.316 e. The van der Waals surface area contributed by atoms with E-state index in [9.17, 15) is 4.79 Å². The van der Waals surface area contributed by atoms with Crippen LogP contribution in [0.5, 0.6) is 0 Å². The molecule has 0 saturated heterocycles. The maximum atomic E-state index is 12.3. The normalized spacial score (nSPS) is 13.9. The molecule has 0 amide bonds. The van der Waals surface area contributed by atoms with Gasteiger partial charge in [0.15, 0.2) is 0 Å². The Bertz CT molecular complexity index is 397. The van der Waals surface area contributed by atoms with Gasteiger partial charge in [-0.05, 0) is 25.3 Å². The number of hydrogen-bond acceptors (Lipinski definition) is 3. The fraction of sp³-hybridized carbons (Fsp3) is 0.562. The van der Waals surface area contributed by atoms with Crippen LogP contribution in [0.2, 0.25) is 0 Å². The van der Waals surface area contributed by atoms with Crippen molar-refractivity contribution in [2.24, 2.45) is 0 Å². The van der Waals surface area contributed by atoms with Crippen LogP contribution in [0, 0.1) is 6.92 Å². The molecule has 1 aromatic carbocycles. The Morgan fingerprint density at radius 2 is 1.79 bits per heavy atom. The van der Waals surface area contributed by atoms with Crippen LogP contribution in [0.1, 0.15) is 37.3 Å². The van der Waals surface area contributed by atoms with Gasteiger partial charge in [0.05, 0.1) is 12.5 Å². The van der Waals surface area contributed by atoms with Crippen molar-refractivity contribution >= 4 is 5.97 Å². The molecule has 0 bridgehead atoms. The van der Waals surface area contributed by atoms with Crippen molar-refractivity contribution < 1.29 is 14.3 Å². The van der Waals surface area contributed by atoms with E-state index in [-0.39, 0.29) is 5.97 Å². The molecule has 3 nitrogen and oxygen atoms in total. The van der Waals surface area contributed by atoms with E-state index < -0.39 is 5.41 Å². The second-order valence-electron chi connectivity index (χ2n) is 4.93. The molecule has 1 unspecified atom stereocenters. The quantitative estimate of drug-likeness (QED) is 0.709. The summed E-state index contributed by atoms with van der Waals surface area (Å²) < 4.78 is 10.2. The van der Waals surface area contributed by atoms with Crippen LogP contribution in [0.15, 0.2) is 24.3 Å². The first kappa shape index (κ1) is 15.7. The minimum atomic E-state index is -0.590. The molecule has 1 rings (SSSR count). The van der Waals surface area contributed by atoms with Crippen LogP contribution < -0.4 is 0 Å². The van der Waals surface area contributed by atoms with Gasteiger partial charge in [-0.1, -0.05) is 43.2 Å². The average Bonchev–Trinajstić information content (AvgIpc) is 2.43. The Balaban J connectivity index is 3.20. The van der Waals surface area contributed by atoms with Crippen molar-refractivity contribution in [3.05, 3.63) is 35.4 Å². The number of methoxy groups -OCH3 is 2. The van der Waals surface area contributed by atoms with E-state index >= 15 is 0 Å². The van der Waals surface area contributed by atoms with Gasteiger partial charge >= 0.3 is 5.97 Å². The molecule has 3 heteroatoms. The van der Waals surface area contributed by atoms with Gasteiger partial charge in [-0.2, -0.15) is 0 Å². The van der Waals surface area contributed by atoms with E-state index in [1.165, 1.54) is 12.7 Å². The van der Waals surface area contributed by atoms with Crippen LogP contribution in [-0.2, 0) is 19.7 Å². The van der Waals surface area contributed by atoms with Gasteiger partial charge in [-0.25, -0.2) is 0 Å². The van der Waals surface area contributed by atoms with Gasteiger partial charge in [0.1, 0.15) is 0 Å². The van der Waals surface area contributed by atoms with E-state index in [0.717, 1.165) is 18.4 Å². The van der Waals surface area contributed by atoms with Crippen LogP contribution >= 0.6 is 0 Å². The average molecular weight is 264 g/mol. The summed E-state index contributed by atoms with van der Waals surface area (Å²) in [4.78, 5) is 12.3. The van der Waals surface area contributed by atoms with Crippen molar-refractivity contribution in [3.8, 4) is 0 Å². The zero-order chi connectivity index (χ0) is 14.3. The highest BCUT2D eigenvalue weighted by molar-refractivity contribution is 5.83. The molecule has 0 saturated carbocycles. The predicted octanol–water partition coefficient (Wildman–Crippen LogP) is 3.24. The van der Waals surface area contributed by atoms with E-state index in [4.69, 9.17) is 9.47 Å². The number of esters is 1. The molecule has 19 heavy (non-hydrogen) atoms. The Labute approximate surface area is 115 Å². The highest BCUT2D eigenvalue weighted by atomic mass is 16.5. The zero-order valence-electron chi connectivity index (χ0n) is 12.4. The van der Waals surface area contributed by atoms with Gasteiger partial charge in [-0.3, -0.25) is 4.79 Å². The van der Waals surface area contributed by atoms with Crippen LogP contribution in [0.3, 0.4) is 0 Å². The first-order chi connectivity index (χ1) is 9.10. The molecule has 106 valence electrons. The Morgan fingerprint density at radius 1 is 1.16 bits per heavy atom. The molecule has 0 aliphatic heterocycles. The Hall–Kier alpha value is -1.35. The lowest BCUT2D eigenvalue weighted by Gasteiger charge is -2.31. The zero-order valence-corrected chi connectivity index (χ0v) is 12.4. The number of carbonyl (C=O) groups excluding carboxylic acids is 1. The minimum Gasteiger partial charge on any atom is -0.468 e. The topological polar surface area (TPSA) is 35.5 Å². The maximum absolute atomic E-state index is 12.3. The molecule has 0 spiro atoms. The van der Waals surface area contributed by atoms with E-state index in [1.807, 2.05) is 31.2 Å². The Morgan fingerprint density at radius 3 is 2.26 bits per heavy atom. The second kappa shape index (κ2) is 7.29. The predicted molar refractivity (Wildman–Crippen MR) is 76.3 cm³/mol. The van der Waals surface area contributed by atoms with Crippen LogP contribution in [0.25, 0.3) is 0 Å². The molecule has 0 aromatic heterocycles. The number of carbonyl (C=O) groups is 1. The summed E-state index contributed by atoms with van der Waals surface area (Å²) in [6.45, 7) is 4.67. The number of benzene rings is 1. The minimum absolute atomic E-state index is 0.171. The molecular weight excluding hydrogens is 240 g/mol. The third-order valence-corrected chi connectivity index (χ3v) is 3.59. The second-order valence-corrected chi connectivity index (χ2v) is 4.93. The number of ether oxygens (including phenoxy) is 2. The summed E-state index contributed by atoms with van der Waals surface area (Å²) in [5, 5.41) is 0. The van der Waals surface area contributed by atoms with E-state index in [0.29, 0.717) is 13.0 Å². The summed E-state index contributed by atoms with van der Waals surface area (Å²) in [6.07, 6.45) is 2.34. The lowest BCUT2D eigenvalue weighted by molar-refractivity contribution is -0.148. The molecule has 0 heterocycles. The largest absolute Gasteiger partial charge is 0.468 e. The van der Waals surface area contributed by atoms with Crippen molar-refractivity contribution in [1.82, 2.24) is 0 Å². The highest BCUT2D eigenvalue weighted by Crippen LogP contribution is 2.35. The van der Waals surface area contributed by atoms with E-state index in [1.54, 1.807) is 7.11 Å². The Kier molecular flexibility index (Phi) is 6.03. The fourth-order valence-corrected chi connectivity index (χ4v) is 2.51. The number of aryl methyl sites for hydroxylation is 1. The molecule has 1 atom stereocenters. The number of rotatable bonds is 7. The summed E-state index contributed by atoms with van der Waals surface area (Å²) in [6, 6.07) is 8.13. The molecule has 0 aliphatic rings. The molecule has 1 aromatic rings. The first-order valence-corrected chi connectivity index (χ1v) is 6.75. The standard InChI is InChI=1S/C16H24O3/c1-5-10-16(11-12-18-3,15(17)19-4)14-8-6-13(2)7-9-14/h6-9H,5,10-12H2,1-4H3. The summed E-state index contributed by atoms with van der Waals surface area (Å²) in [5.41, 5.74) is 1.61. The van der Waals surface area contributed by atoms with Crippen molar-refractivity contribution in [2.75, 3.05) is 20.8 Å². The molecular formula is C16H24O3. The van der Waals surface area contributed by atoms with Crippen molar-refractivity contribution in [1.29, 1.82) is 0 Å². The monoisotopic (exact) mass is 264 g/mol. The highest BCUT2D eigenvalue weighted by Gasteiger charge is 2.40. The van der Waals surface area contributed by atoms with E-state index in [2.05, 4.69) is 6.92 Å².